The van der Waals surface area contributed by atoms with Gasteiger partial charge in [-0.25, -0.2) is 17.6 Å². The van der Waals surface area contributed by atoms with E-state index in [-0.39, 0.29) is 16.5 Å². The van der Waals surface area contributed by atoms with Gasteiger partial charge in [0.2, 0.25) is 0 Å². The Labute approximate surface area is 162 Å². The zero-order chi connectivity index (χ0) is 20.5. The van der Waals surface area contributed by atoms with Gasteiger partial charge in [-0.05, 0) is 56.3 Å². The average Bonchev–Trinajstić information content (AvgIpc) is 2.98. The molecular weight excluding hydrogens is 383 g/mol. The lowest BCUT2D eigenvalue weighted by Crippen LogP contribution is -2.31. The number of fused-ring (bicyclic) bond motifs is 1. The highest BCUT2D eigenvalue weighted by atomic mass is 32.2. The number of anilines is 1. The molecule has 1 unspecified atom stereocenters. The van der Waals surface area contributed by atoms with Gasteiger partial charge in [0.15, 0.2) is 9.84 Å². The Balaban J connectivity index is 1.70. The third kappa shape index (κ3) is 4.01. The van der Waals surface area contributed by atoms with Crippen molar-refractivity contribution in [2.75, 3.05) is 11.1 Å². The minimum absolute atomic E-state index is 0.0124. The normalized spacial score (nSPS) is 12.7. The van der Waals surface area contributed by atoms with Gasteiger partial charge in [-0.15, -0.1) is 0 Å². The Kier molecular flexibility index (Phi) is 5.42. The van der Waals surface area contributed by atoms with Gasteiger partial charge in [0.1, 0.15) is 17.2 Å². The number of sulfone groups is 1. The van der Waals surface area contributed by atoms with Crippen molar-refractivity contribution in [2.24, 2.45) is 0 Å². The summed E-state index contributed by atoms with van der Waals surface area (Å²) in [5.74, 6) is 0.202. The van der Waals surface area contributed by atoms with Crippen LogP contribution in [0.5, 0.6) is 0 Å². The van der Waals surface area contributed by atoms with Crippen LogP contribution in [-0.2, 0) is 9.84 Å². The molecule has 0 radical (unpaired) electrons. The first-order valence-corrected chi connectivity index (χ1v) is 10.5. The van der Waals surface area contributed by atoms with Crippen LogP contribution in [0.2, 0.25) is 0 Å². The monoisotopic (exact) mass is 404 g/mol. The lowest BCUT2D eigenvalue weighted by Gasteiger charge is -2.14. The second-order valence-corrected chi connectivity index (χ2v) is 8.76. The van der Waals surface area contributed by atoms with Crippen molar-refractivity contribution in [3.8, 4) is 0 Å². The second kappa shape index (κ2) is 7.63. The Morgan fingerprint density at radius 3 is 2.50 bits per heavy atom. The van der Waals surface area contributed by atoms with E-state index in [1.165, 1.54) is 36.4 Å². The van der Waals surface area contributed by atoms with E-state index in [2.05, 4.69) is 10.6 Å². The molecule has 3 aromatic rings. The zero-order valence-corrected chi connectivity index (χ0v) is 16.6. The SMILES string of the molecule is CCS(=O)(=O)c1ccc(NC(=O)NC(C)c2oc3ccc(F)cc3c2C)cc1. The number of furan rings is 1. The molecule has 28 heavy (non-hydrogen) atoms. The molecule has 0 bridgehead atoms. The molecule has 0 aliphatic heterocycles. The topological polar surface area (TPSA) is 88.4 Å². The molecule has 0 saturated carbocycles. The smallest absolute Gasteiger partial charge is 0.319 e. The summed E-state index contributed by atoms with van der Waals surface area (Å²) < 4.78 is 42.9. The van der Waals surface area contributed by atoms with Gasteiger partial charge in [-0.1, -0.05) is 6.92 Å². The molecule has 1 atom stereocenters. The highest BCUT2D eigenvalue weighted by molar-refractivity contribution is 7.91. The fraction of sp³-hybridized carbons (Fsp3) is 0.250. The van der Waals surface area contributed by atoms with Crippen molar-refractivity contribution in [2.45, 2.75) is 31.7 Å². The average molecular weight is 404 g/mol. The first-order chi connectivity index (χ1) is 13.2. The minimum atomic E-state index is -3.29. The molecule has 0 saturated heterocycles. The fourth-order valence-corrected chi connectivity index (χ4v) is 3.85. The van der Waals surface area contributed by atoms with E-state index in [9.17, 15) is 17.6 Å². The first kappa shape index (κ1) is 19.9. The highest BCUT2D eigenvalue weighted by Gasteiger charge is 2.19. The fourth-order valence-electron chi connectivity index (χ4n) is 2.97. The number of nitrogens with one attached hydrogen (secondary N) is 2. The van der Waals surface area contributed by atoms with Gasteiger partial charge in [-0.2, -0.15) is 0 Å². The number of urea groups is 1. The molecule has 2 N–H and O–H groups in total. The van der Waals surface area contributed by atoms with Crippen LogP contribution in [-0.4, -0.2) is 20.2 Å². The molecular formula is C20H21FN2O4S. The van der Waals surface area contributed by atoms with Crippen LogP contribution in [0.1, 0.15) is 31.2 Å². The van der Waals surface area contributed by atoms with Crippen LogP contribution >= 0.6 is 0 Å². The largest absolute Gasteiger partial charge is 0.459 e. The molecule has 0 spiro atoms. The van der Waals surface area contributed by atoms with Crippen LogP contribution < -0.4 is 10.6 Å². The van der Waals surface area contributed by atoms with Gasteiger partial charge in [0, 0.05) is 16.6 Å². The van der Waals surface area contributed by atoms with Crippen LogP contribution in [0.25, 0.3) is 11.0 Å². The first-order valence-electron chi connectivity index (χ1n) is 8.80. The second-order valence-electron chi connectivity index (χ2n) is 6.48. The Morgan fingerprint density at radius 2 is 1.86 bits per heavy atom. The van der Waals surface area contributed by atoms with E-state index >= 15 is 0 Å². The van der Waals surface area contributed by atoms with E-state index in [1.807, 2.05) is 6.92 Å². The Hall–Kier alpha value is -2.87. The van der Waals surface area contributed by atoms with Crippen LogP contribution in [0.15, 0.2) is 51.8 Å². The molecule has 3 rings (SSSR count). The standard InChI is InChI=1S/C20H21FN2O4S/c1-4-28(25,26)16-8-6-15(7-9-16)23-20(24)22-13(3)19-12(2)17-11-14(21)5-10-18(17)27-19/h5-11,13H,4H2,1-3H3,(H2,22,23,24). The van der Waals surface area contributed by atoms with Crippen LogP contribution in [0.4, 0.5) is 14.9 Å². The molecule has 8 heteroatoms. The lowest BCUT2D eigenvalue weighted by molar-refractivity contribution is 0.248. The summed E-state index contributed by atoms with van der Waals surface area (Å²) in [4.78, 5) is 12.5. The number of hydrogen-bond acceptors (Lipinski definition) is 4. The number of amides is 2. The van der Waals surface area contributed by atoms with Crippen molar-refractivity contribution >= 4 is 32.5 Å². The summed E-state index contributed by atoms with van der Waals surface area (Å²) in [6.07, 6.45) is 0. The van der Waals surface area contributed by atoms with Gasteiger partial charge in [-0.3, -0.25) is 0 Å². The summed E-state index contributed by atoms with van der Waals surface area (Å²) in [6, 6.07) is 9.33. The van der Waals surface area contributed by atoms with Crippen molar-refractivity contribution in [1.29, 1.82) is 0 Å². The summed E-state index contributed by atoms with van der Waals surface area (Å²) in [5, 5.41) is 6.08. The number of halogens is 1. The molecule has 0 aliphatic rings. The van der Waals surface area contributed by atoms with Crippen molar-refractivity contribution in [3.63, 3.8) is 0 Å². The molecule has 1 aromatic heterocycles. The molecule has 148 valence electrons. The predicted octanol–water partition coefficient (Wildman–Crippen LogP) is 4.56. The zero-order valence-electron chi connectivity index (χ0n) is 15.7. The summed E-state index contributed by atoms with van der Waals surface area (Å²) in [7, 11) is -3.29. The van der Waals surface area contributed by atoms with Gasteiger partial charge >= 0.3 is 6.03 Å². The Bertz CT molecular complexity index is 1120. The van der Waals surface area contributed by atoms with Crippen molar-refractivity contribution in [3.05, 3.63) is 59.6 Å². The maximum absolute atomic E-state index is 13.4. The number of hydrogen-bond donors (Lipinski definition) is 2. The van der Waals surface area contributed by atoms with E-state index in [4.69, 9.17) is 4.42 Å². The summed E-state index contributed by atoms with van der Waals surface area (Å²) in [5.41, 5.74) is 1.77. The highest BCUT2D eigenvalue weighted by Crippen LogP contribution is 2.30. The number of carbonyl (C=O) groups is 1. The number of carbonyl (C=O) groups excluding carboxylic acids is 1. The molecule has 0 aliphatic carbocycles. The number of aryl methyl sites for hydroxylation is 1. The molecule has 0 fully saturated rings. The van der Waals surface area contributed by atoms with Crippen LogP contribution in [0, 0.1) is 12.7 Å². The molecule has 1 heterocycles. The minimum Gasteiger partial charge on any atom is -0.459 e. The van der Waals surface area contributed by atoms with Gasteiger partial charge in [0.25, 0.3) is 0 Å². The molecule has 6 nitrogen and oxygen atoms in total. The molecule has 2 amide bonds. The molecule has 2 aromatic carbocycles. The quantitative estimate of drug-likeness (QED) is 0.653. The van der Waals surface area contributed by atoms with E-state index < -0.39 is 21.9 Å². The summed E-state index contributed by atoms with van der Waals surface area (Å²) >= 11 is 0. The maximum Gasteiger partial charge on any atom is 0.319 e. The van der Waals surface area contributed by atoms with E-state index in [0.29, 0.717) is 22.4 Å². The van der Waals surface area contributed by atoms with E-state index in [0.717, 1.165) is 5.56 Å². The third-order valence-corrected chi connectivity index (χ3v) is 6.28. The van der Waals surface area contributed by atoms with E-state index in [1.54, 1.807) is 19.9 Å². The van der Waals surface area contributed by atoms with Gasteiger partial charge < -0.3 is 15.1 Å². The number of benzene rings is 2. The van der Waals surface area contributed by atoms with Gasteiger partial charge in [0.05, 0.1) is 16.7 Å². The van der Waals surface area contributed by atoms with Crippen molar-refractivity contribution < 1.29 is 22.0 Å². The maximum atomic E-state index is 13.4. The number of rotatable bonds is 5. The predicted molar refractivity (Wildman–Crippen MR) is 106 cm³/mol. The lowest BCUT2D eigenvalue weighted by atomic mass is 10.1. The third-order valence-electron chi connectivity index (χ3n) is 4.53. The Morgan fingerprint density at radius 1 is 1.18 bits per heavy atom. The summed E-state index contributed by atoms with van der Waals surface area (Å²) in [6.45, 7) is 5.14. The van der Waals surface area contributed by atoms with Crippen LogP contribution in [0.3, 0.4) is 0 Å². The van der Waals surface area contributed by atoms with Crippen molar-refractivity contribution in [1.82, 2.24) is 5.32 Å².